The first-order chi connectivity index (χ1) is 12.5. The second kappa shape index (κ2) is 6.75. The first kappa shape index (κ1) is 17.6. The van der Waals surface area contributed by atoms with Crippen molar-refractivity contribution in [1.82, 2.24) is 14.5 Å². The number of fused-ring (bicyclic) bond motifs is 1. The minimum absolute atomic E-state index is 0.0584. The van der Waals surface area contributed by atoms with E-state index in [4.69, 9.17) is 9.47 Å². The van der Waals surface area contributed by atoms with Crippen molar-refractivity contribution in [3.8, 4) is 0 Å². The van der Waals surface area contributed by atoms with Crippen molar-refractivity contribution in [2.45, 2.75) is 45.4 Å². The smallest absolute Gasteiger partial charge is 0.262 e. The van der Waals surface area contributed by atoms with E-state index < -0.39 is 5.79 Å². The summed E-state index contributed by atoms with van der Waals surface area (Å²) in [6.07, 6.45) is 3.27. The number of ether oxygens (including phenoxy) is 2. The minimum atomic E-state index is -0.475. The maximum atomic E-state index is 12.7. The predicted octanol–water partition coefficient (Wildman–Crippen LogP) is 1.83. The molecule has 0 bridgehead atoms. The third-order valence-electron chi connectivity index (χ3n) is 5.41. The van der Waals surface area contributed by atoms with Gasteiger partial charge in [-0.05, 0) is 19.4 Å². The van der Waals surface area contributed by atoms with Gasteiger partial charge in [-0.25, -0.2) is 4.98 Å². The molecule has 2 fully saturated rings. The fraction of sp³-hybridized carbons (Fsp3) is 0.611. The fourth-order valence-corrected chi connectivity index (χ4v) is 4.67. The van der Waals surface area contributed by atoms with Crippen LogP contribution >= 0.6 is 11.3 Å². The van der Waals surface area contributed by atoms with Crippen LogP contribution < -0.4 is 5.56 Å². The summed E-state index contributed by atoms with van der Waals surface area (Å²) in [5, 5.41) is 0.679. The third-order valence-corrected chi connectivity index (χ3v) is 6.53. The van der Waals surface area contributed by atoms with E-state index in [2.05, 4.69) is 4.98 Å². The molecule has 1 amide bonds. The highest BCUT2D eigenvalue weighted by atomic mass is 32.1. The number of carbonyl (C=O) groups excluding carboxylic acids is 1. The molecule has 0 radical (unpaired) electrons. The Hall–Kier alpha value is -1.77. The summed E-state index contributed by atoms with van der Waals surface area (Å²) in [5.74, 6) is -0.417. The van der Waals surface area contributed by atoms with Gasteiger partial charge < -0.3 is 14.4 Å². The third kappa shape index (κ3) is 3.06. The molecule has 0 aromatic carbocycles. The van der Waals surface area contributed by atoms with Crippen LogP contribution in [0.15, 0.2) is 11.1 Å². The molecular weight excluding hydrogens is 354 g/mol. The Kier molecular flexibility index (Phi) is 4.58. The molecule has 2 aliphatic heterocycles. The number of aromatic nitrogens is 2. The van der Waals surface area contributed by atoms with Crippen molar-refractivity contribution in [3.63, 3.8) is 0 Å². The summed E-state index contributed by atoms with van der Waals surface area (Å²) in [6.45, 7) is 6.83. The van der Waals surface area contributed by atoms with Crippen LogP contribution in [0.4, 0.5) is 0 Å². The summed E-state index contributed by atoms with van der Waals surface area (Å²) in [7, 11) is 0. The number of hydrogen-bond donors (Lipinski definition) is 0. The Balaban J connectivity index is 1.40. The van der Waals surface area contributed by atoms with Crippen LogP contribution in [-0.2, 0) is 20.8 Å². The highest BCUT2D eigenvalue weighted by molar-refractivity contribution is 7.18. The van der Waals surface area contributed by atoms with Gasteiger partial charge in [-0.15, -0.1) is 11.3 Å². The molecule has 2 aliphatic rings. The molecule has 0 saturated carbocycles. The number of nitrogens with zero attached hydrogens (tertiary/aromatic N) is 3. The molecule has 8 heteroatoms. The molecule has 0 N–H and O–H groups in total. The number of amides is 1. The first-order valence-electron chi connectivity index (χ1n) is 9.00. The van der Waals surface area contributed by atoms with E-state index >= 15 is 0 Å². The van der Waals surface area contributed by atoms with Gasteiger partial charge in [0.25, 0.3) is 5.56 Å². The lowest BCUT2D eigenvalue weighted by atomic mass is 10.0. The lowest BCUT2D eigenvalue weighted by Gasteiger charge is -2.37. The van der Waals surface area contributed by atoms with Gasteiger partial charge in [-0.3, -0.25) is 14.2 Å². The molecule has 2 aromatic rings. The van der Waals surface area contributed by atoms with Gasteiger partial charge in [0, 0.05) is 43.8 Å². The Morgan fingerprint density at radius 2 is 1.96 bits per heavy atom. The molecule has 4 rings (SSSR count). The second-order valence-electron chi connectivity index (χ2n) is 6.94. The number of hydrogen-bond acceptors (Lipinski definition) is 6. The SMILES string of the molecule is Cc1sc2ncn(CCC(=O)N3CCC4(CC3)OCCO4)c(=O)c2c1C. The van der Waals surface area contributed by atoms with E-state index in [1.807, 2.05) is 18.7 Å². The molecule has 2 aromatic heterocycles. The molecule has 0 atom stereocenters. The van der Waals surface area contributed by atoms with Crippen LogP contribution in [0.1, 0.15) is 29.7 Å². The Morgan fingerprint density at radius 3 is 2.65 bits per heavy atom. The van der Waals surface area contributed by atoms with Crippen molar-refractivity contribution in [2.75, 3.05) is 26.3 Å². The van der Waals surface area contributed by atoms with Gasteiger partial charge in [0.2, 0.25) is 5.91 Å². The van der Waals surface area contributed by atoms with Gasteiger partial charge in [0.15, 0.2) is 5.79 Å². The van der Waals surface area contributed by atoms with E-state index in [-0.39, 0.29) is 11.5 Å². The molecular formula is C18H23N3O4S. The van der Waals surface area contributed by atoms with Crippen LogP contribution in [0.5, 0.6) is 0 Å². The number of likely N-dealkylation sites (tertiary alicyclic amines) is 1. The average Bonchev–Trinajstić information content (AvgIpc) is 3.20. The van der Waals surface area contributed by atoms with Crippen molar-refractivity contribution in [1.29, 1.82) is 0 Å². The number of rotatable bonds is 3. The normalized spacial score (nSPS) is 19.5. The zero-order valence-electron chi connectivity index (χ0n) is 15.1. The van der Waals surface area contributed by atoms with E-state index in [1.165, 1.54) is 11.3 Å². The minimum Gasteiger partial charge on any atom is -0.347 e. The van der Waals surface area contributed by atoms with Crippen molar-refractivity contribution < 1.29 is 14.3 Å². The monoisotopic (exact) mass is 377 g/mol. The Bertz CT molecular complexity index is 888. The zero-order valence-corrected chi connectivity index (χ0v) is 15.9. The zero-order chi connectivity index (χ0) is 18.3. The van der Waals surface area contributed by atoms with Gasteiger partial charge in [-0.1, -0.05) is 0 Å². The van der Waals surface area contributed by atoms with Crippen LogP contribution in [0.2, 0.25) is 0 Å². The average molecular weight is 377 g/mol. The largest absolute Gasteiger partial charge is 0.347 e. The summed E-state index contributed by atoms with van der Waals surface area (Å²) in [6, 6.07) is 0. The molecule has 26 heavy (non-hydrogen) atoms. The summed E-state index contributed by atoms with van der Waals surface area (Å²) in [4.78, 5) is 33.3. The molecule has 1 spiro atoms. The topological polar surface area (TPSA) is 73.7 Å². The number of piperidine rings is 1. The summed E-state index contributed by atoms with van der Waals surface area (Å²) >= 11 is 1.53. The first-order valence-corrected chi connectivity index (χ1v) is 9.82. The van der Waals surface area contributed by atoms with Crippen LogP contribution in [-0.4, -0.2) is 52.4 Å². The molecule has 140 valence electrons. The van der Waals surface area contributed by atoms with E-state index in [1.54, 1.807) is 10.9 Å². The molecule has 4 heterocycles. The van der Waals surface area contributed by atoms with E-state index in [0.29, 0.717) is 57.5 Å². The Labute approximate surface area is 155 Å². The van der Waals surface area contributed by atoms with E-state index in [9.17, 15) is 9.59 Å². The lowest BCUT2D eigenvalue weighted by Crippen LogP contribution is -2.47. The maximum Gasteiger partial charge on any atom is 0.262 e. The molecule has 7 nitrogen and oxygen atoms in total. The quantitative estimate of drug-likeness (QED) is 0.816. The van der Waals surface area contributed by atoms with E-state index in [0.717, 1.165) is 15.3 Å². The number of carbonyl (C=O) groups is 1. The van der Waals surface area contributed by atoms with Gasteiger partial charge in [-0.2, -0.15) is 0 Å². The maximum absolute atomic E-state index is 12.7. The highest BCUT2D eigenvalue weighted by Gasteiger charge is 2.40. The summed E-state index contributed by atoms with van der Waals surface area (Å²) in [5.41, 5.74) is 0.927. The predicted molar refractivity (Wildman–Crippen MR) is 98.4 cm³/mol. The fourth-order valence-electron chi connectivity index (χ4n) is 3.69. The molecule has 2 saturated heterocycles. The number of aryl methyl sites for hydroxylation is 3. The van der Waals surface area contributed by atoms with Gasteiger partial charge >= 0.3 is 0 Å². The van der Waals surface area contributed by atoms with Crippen molar-refractivity contribution >= 4 is 27.5 Å². The lowest BCUT2D eigenvalue weighted by molar-refractivity contribution is -0.187. The van der Waals surface area contributed by atoms with Crippen molar-refractivity contribution in [2.24, 2.45) is 0 Å². The summed E-state index contributed by atoms with van der Waals surface area (Å²) < 4.78 is 12.9. The van der Waals surface area contributed by atoms with Crippen molar-refractivity contribution in [3.05, 3.63) is 27.1 Å². The highest BCUT2D eigenvalue weighted by Crippen LogP contribution is 2.31. The Morgan fingerprint density at radius 1 is 1.27 bits per heavy atom. The second-order valence-corrected chi connectivity index (χ2v) is 8.15. The van der Waals surface area contributed by atoms with Crippen LogP contribution in [0, 0.1) is 13.8 Å². The molecule has 0 unspecified atom stereocenters. The standard InChI is InChI=1S/C18H23N3O4S/c1-12-13(2)26-16-15(12)17(23)21(11-19-16)6-3-14(22)20-7-4-18(5-8-20)24-9-10-25-18/h11H,3-10H2,1-2H3. The number of thiophene rings is 1. The van der Waals surface area contributed by atoms with Crippen LogP contribution in [0.25, 0.3) is 10.2 Å². The molecule has 0 aliphatic carbocycles. The van der Waals surface area contributed by atoms with Crippen LogP contribution in [0.3, 0.4) is 0 Å². The van der Waals surface area contributed by atoms with Gasteiger partial charge in [0.1, 0.15) is 4.83 Å². The van der Waals surface area contributed by atoms with Gasteiger partial charge in [0.05, 0.1) is 24.9 Å².